The molecule has 86 valence electrons. The average molecular weight is 209 g/mol. The molecule has 1 unspecified atom stereocenters. The maximum absolute atomic E-state index is 5.08. The van der Waals surface area contributed by atoms with E-state index < -0.39 is 0 Å². The van der Waals surface area contributed by atoms with Crippen molar-refractivity contribution in [1.29, 1.82) is 0 Å². The van der Waals surface area contributed by atoms with E-state index >= 15 is 0 Å². The van der Waals surface area contributed by atoms with Gasteiger partial charge in [0.15, 0.2) is 0 Å². The lowest BCUT2D eigenvalue weighted by Crippen LogP contribution is -2.27. The van der Waals surface area contributed by atoms with Crippen LogP contribution in [0.2, 0.25) is 0 Å². The summed E-state index contributed by atoms with van der Waals surface area (Å²) in [7, 11) is 0. The normalized spacial score (nSPS) is 13.3. The van der Waals surface area contributed by atoms with E-state index in [0.29, 0.717) is 0 Å². The fourth-order valence-electron chi connectivity index (χ4n) is 1.68. The van der Waals surface area contributed by atoms with Crippen LogP contribution in [0.15, 0.2) is 23.0 Å². The topological polar surface area (TPSA) is 25.2 Å². The highest BCUT2D eigenvalue weighted by atomic mass is 16.3. The molecule has 0 aliphatic heterocycles. The van der Waals surface area contributed by atoms with Crippen molar-refractivity contribution in [3.63, 3.8) is 0 Å². The second kappa shape index (κ2) is 6.67. The molecule has 0 amide bonds. The van der Waals surface area contributed by atoms with E-state index in [1.54, 1.807) is 6.26 Å². The van der Waals surface area contributed by atoms with Gasteiger partial charge in [-0.2, -0.15) is 0 Å². The van der Waals surface area contributed by atoms with E-state index in [-0.39, 0.29) is 0 Å². The molecule has 15 heavy (non-hydrogen) atoms. The smallest absolute Gasteiger partial charge is 0.0934 e. The van der Waals surface area contributed by atoms with Gasteiger partial charge in [0.2, 0.25) is 0 Å². The summed E-state index contributed by atoms with van der Waals surface area (Å²) in [6.07, 6.45) is 5.95. The minimum atomic E-state index is 0.723. The highest BCUT2D eigenvalue weighted by Crippen LogP contribution is 2.11. The van der Waals surface area contributed by atoms with Crippen LogP contribution in [0.3, 0.4) is 0 Å². The van der Waals surface area contributed by atoms with Gasteiger partial charge in [-0.15, -0.1) is 0 Å². The molecule has 1 N–H and O–H groups in total. The van der Waals surface area contributed by atoms with Crippen LogP contribution in [0.4, 0.5) is 0 Å². The lowest BCUT2D eigenvalue weighted by molar-refractivity contribution is 0.435. The van der Waals surface area contributed by atoms with Gasteiger partial charge < -0.3 is 9.73 Å². The average Bonchev–Trinajstić information content (AvgIpc) is 2.68. The van der Waals surface area contributed by atoms with E-state index in [2.05, 4.69) is 32.2 Å². The Balaban J connectivity index is 2.24. The van der Waals surface area contributed by atoms with Crippen LogP contribution in [-0.2, 0) is 6.42 Å². The Morgan fingerprint density at radius 1 is 1.33 bits per heavy atom. The molecule has 0 radical (unpaired) electrons. The Morgan fingerprint density at radius 2 is 2.13 bits per heavy atom. The fraction of sp³-hybridized carbons (Fsp3) is 0.692. The molecule has 1 heterocycles. The largest absolute Gasteiger partial charge is 0.472 e. The molecule has 0 aliphatic rings. The zero-order chi connectivity index (χ0) is 11.1. The number of hydrogen-bond donors (Lipinski definition) is 1. The van der Waals surface area contributed by atoms with Crippen molar-refractivity contribution in [2.45, 2.75) is 33.6 Å². The molecule has 0 fully saturated rings. The Labute approximate surface area is 93.1 Å². The quantitative estimate of drug-likeness (QED) is 0.746. The third-order valence-electron chi connectivity index (χ3n) is 2.67. The summed E-state index contributed by atoms with van der Waals surface area (Å²) in [4.78, 5) is 0. The molecule has 0 aromatic carbocycles. The van der Waals surface area contributed by atoms with Gasteiger partial charge in [-0.3, -0.25) is 0 Å². The SMILES string of the molecule is CCC(CNCC(C)C)Cc1ccoc1. The zero-order valence-corrected chi connectivity index (χ0v) is 10.1. The molecule has 2 heteroatoms. The van der Waals surface area contributed by atoms with Crippen molar-refractivity contribution >= 4 is 0 Å². The first-order valence-electron chi connectivity index (χ1n) is 5.94. The van der Waals surface area contributed by atoms with Crippen LogP contribution < -0.4 is 5.32 Å². The van der Waals surface area contributed by atoms with Gasteiger partial charge in [-0.05, 0) is 43.0 Å². The van der Waals surface area contributed by atoms with Gasteiger partial charge in [-0.1, -0.05) is 27.2 Å². The minimum absolute atomic E-state index is 0.723. The van der Waals surface area contributed by atoms with Crippen LogP contribution in [0.5, 0.6) is 0 Å². The summed E-state index contributed by atoms with van der Waals surface area (Å²) in [5, 5.41) is 3.52. The summed E-state index contributed by atoms with van der Waals surface area (Å²) < 4.78 is 5.08. The molecular weight excluding hydrogens is 186 g/mol. The molecule has 0 bridgehead atoms. The number of hydrogen-bond acceptors (Lipinski definition) is 2. The van der Waals surface area contributed by atoms with Gasteiger partial charge in [0.25, 0.3) is 0 Å². The van der Waals surface area contributed by atoms with Crippen molar-refractivity contribution in [2.75, 3.05) is 13.1 Å². The highest BCUT2D eigenvalue weighted by molar-refractivity contribution is 5.06. The van der Waals surface area contributed by atoms with E-state index in [1.807, 2.05) is 6.26 Å². The monoisotopic (exact) mass is 209 g/mol. The Kier molecular flexibility index (Phi) is 5.48. The van der Waals surface area contributed by atoms with Crippen LogP contribution >= 0.6 is 0 Å². The van der Waals surface area contributed by atoms with Gasteiger partial charge in [0.05, 0.1) is 12.5 Å². The first-order chi connectivity index (χ1) is 7.22. The first kappa shape index (κ1) is 12.3. The van der Waals surface area contributed by atoms with Gasteiger partial charge in [0.1, 0.15) is 0 Å². The second-order valence-electron chi connectivity index (χ2n) is 4.66. The molecule has 0 saturated heterocycles. The predicted molar refractivity (Wildman–Crippen MR) is 63.9 cm³/mol. The highest BCUT2D eigenvalue weighted by Gasteiger charge is 2.08. The summed E-state index contributed by atoms with van der Waals surface area (Å²) in [6.45, 7) is 8.96. The van der Waals surface area contributed by atoms with E-state index in [9.17, 15) is 0 Å². The van der Waals surface area contributed by atoms with E-state index in [0.717, 1.165) is 31.3 Å². The van der Waals surface area contributed by atoms with E-state index in [1.165, 1.54) is 12.0 Å². The molecule has 1 aromatic rings. The molecular formula is C13H23NO. The van der Waals surface area contributed by atoms with Crippen LogP contribution in [0.25, 0.3) is 0 Å². The first-order valence-corrected chi connectivity index (χ1v) is 5.94. The van der Waals surface area contributed by atoms with Crippen LogP contribution in [0, 0.1) is 11.8 Å². The molecule has 0 spiro atoms. The number of nitrogens with one attached hydrogen (secondary N) is 1. The zero-order valence-electron chi connectivity index (χ0n) is 10.1. The number of rotatable bonds is 7. The Hall–Kier alpha value is -0.760. The minimum Gasteiger partial charge on any atom is -0.472 e. The van der Waals surface area contributed by atoms with Crippen LogP contribution in [-0.4, -0.2) is 13.1 Å². The maximum atomic E-state index is 5.08. The van der Waals surface area contributed by atoms with Crippen molar-refractivity contribution < 1.29 is 4.42 Å². The lowest BCUT2D eigenvalue weighted by atomic mass is 9.98. The van der Waals surface area contributed by atoms with Gasteiger partial charge >= 0.3 is 0 Å². The number of furan rings is 1. The summed E-state index contributed by atoms with van der Waals surface area (Å²) in [5.41, 5.74) is 1.31. The molecule has 0 aliphatic carbocycles. The summed E-state index contributed by atoms with van der Waals surface area (Å²) >= 11 is 0. The van der Waals surface area contributed by atoms with Crippen molar-refractivity contribution in [1.82, 2.24) is 5.32 Å². The Morgan fingerprint density at radius 3 is 2.67 bits per heavy atom. The predicted octanol–water partition coefficient (Wildman–Crippen LogP) is 3.09. The fourth-order valence-corrected chi connectivity index (χ4v) is 1.68. The molecule has 0 saturated carbocycles. The lowest BCUT2D eigenvalue weighted by Gasteiger charge is -2.15. The third kappa shape index (κ3) is 5.03. The molecule has 1 atom stereocenters. The third-order valence-corrected chi connectivity index (χ3v) is 2.67. The molecule has 1 aromatic heterocycles. The van der Waals surface area contributed by atoms with Gasteiger partial charge in [0, 0.05) is 0 Å². The van der Waals surface area contributed by atoms with Crippen molar-refractivity contribution in [3.05, 3.63) is 24.2 Å². The van der Waals surface area contributed by atoms with Crippen LogP contribution in [0.1, 0.15) is 32.8 Å². The summed E-state index contributed by atoms with van der Waals surface area (Å²) in [6, 6.07) is 2.06. The van der Waals surface area contributed by atoms with Crippen molar-refractivity contribution in [3.8, 4) is 0 Å². The second-order valence-corrected chi connectivity index (χ2v) is 4.66. The standard InChI is InChI=1S/C13H23NO/c1-4-12(9-14-8-11(2)3)7-13-5-6-15-10-13/h5-6,10-12,14H,4,7-9H2,1-3H3. The molecule has 2 nitrogen and oxygen atoms in total. The van der Waals surface area contributed by atoms with Gasteiger partial charge in [-0.25, -0.2) is 0 Å². The van der Waals surface area contributed by atoms with E-state index in [4.69, 9.17) is 4.42 Å². The van der Waals surface area contributed by atoms with Crippen molar-refractivity contribution in [2.24, 2.45) is 11.8 Å². The Bertz CT molecular complexity index is 241. The maximum Gasteiger partial charge on any atom is 0.0934 e. The summed E-state index contributed by atoms with van der Waals surface area (Å²) in [5.74, 6) is 1.46. The molecule has 1 rings (SSSR count).